The summed E-state index contributed by atoms with van der Waals surface area (Å²) in [6.45, 7) is 1.74. The van der Waals surface area contributed by atoms with Crippen LogP contribution in [0, 0.1) is 6.92 Å². The molecule has 0 fully saturated rings. The summed E-state index contributed by atoms with van der Waals surface area (Å²) in [5, 5.41) is 8.50. The first-order valence-electron chi connectivity index (χ1n) is 4.18. The summed E-state index contributed by atoms with van der Waals surface area (Å²) < 4.78 is 0. The molecular formula is C9H12N2O3. The first-order chi connectivity index (χ1) is 6.50. The summed E-state index contributed by atoms with van der Waals surface area (Å²) in [7, 11) is 0. The molecule has 4 N–H and O–H groups in total. The number of nitrogens with one attached hydrogen (secondary N) is 1. The molecule has 0 spiro atoms. The van der Waals surface area contributed by atoms with Crippen LogP contribution in [0.15, 0.2) is 16.9 Å². The van der Waals surface area contributed by atoms with Gasteiger partial charge in [-0.1, -0.05) is 6.07 Å². The van der Waals surface area contributed by atoms with Crippen molar-refractivity contribution in [3.8, 4) is 0 Å². The average Bonchev–Trinajstić information content (AvgIpc) is 2.01. The predicted octanol–water partition coefficient (Wildman–Crippen LogP) is 0.158. The highest BCUT2D eigenvalue weighted by Crippen LogP contribution is 2.08. The van der Waals surface area contributed by atoms with Crippen molar-refractivity contribution in [3.05, 3.63) is 33.7 Å². The monoisotopic (exact) mass is 196 g/mol. The van der Waals surface area contributed by atoms with E-state index in [1.165, 1.54) is 0 Å². The lowest BCUT2D eigenvalue weighted by Crippen LogP contribution is -2.24. The van der Waals surface area contributed by atoms with E-state index in [9.17, 15) is 9.59 Å². The number of aromatic amines is 1. The maximum absolute atomic E-state index is 11.3. The molecule has 76 valence electrons. The van der Waals surface area contributed by atoms with E-state index in [4.69, 9.17) is 10.8 Å². The molecule has 0 aliphatic rings. The molecule has 1 aromatic rings. The SMILES string of the molecule is Cc1ccc(C(N)CC(=O)O)c(=O)[nH]1. The minimum atomic E-state index is -1.02. The normalized spacial score (nSPS) is 12.4. The quantitative estimate of drug-likeness (QED) is 0.641. The van der Waals surface area contributed by atoms with Crippen molar-refractivity contribution < 1.29 is 9.90 Å². The Hall–Kier alpha value is -1.62. The van der Waals surface area contributed by atoms with Gasteiger partial charge >= 0.3 is 5.97 Å². The lowest BCUT2D eigenvalue weighted by atomic mass is 10.1. The Labute approximate surface area is 80.6 Å². The van der Waals surface area contributed by atoms with Crippen LogP contribution in [0.1, 0.15) is 23.7 Å². The summed E-state index contributed by atoms with van der Waals surface area (Å²) in [4.78, 5) is 24.3. The lowest BCUT2D eigenvalue weighted by Gasteiger charge is -2.07. The molecular weight excluding hydrogens is 184 g/mol. The van der Waals surface area contributed by atoms with Gasteiger partial charge < -0.3 is 15.8 Å². The third-order valence-electron chi connectivity index (χ3n) is 1.88. The molecule has 0 aromatic carbocycles. The number of aryl methyl sites for hydroxylation is 1. The summed E-state index contributed by atoms with van der Waals surface area (Å²) in [6.07, 6.45) is -0.244. The highest BCUT2D eigenvalue weighted by atomic mass is 16.4. The number of H-pyrrole nitrogens is 1. The molecule has 0 aliphatic heterocycles. The van der Waals surface area contributed by atoms with Crippen molar-refractivity contribution in [1.29, 1.82) is 0 Å². The van der Waals surface area contributed by atoms with E-state index in [2.05, 4.69) is 4.98 Å². The van der Waals surface area contributed by atoms with Gasteiger partial charge in [0, 0.05) is 17.3 Å². The molecule has 5 nitrogen and oxygen atoms in total. The second-order valence-electron chi connectivity index (χ2n) is 3.13. The molecule has 1 rings (SSSR count). The number of aliphatic carboxylic acids is 1. The van der Waals surface area contributed by atoms with Gasteiger partial charge in [0.15, 0.2) is 0 Å². The Morgan fingerprint density at radius 2 is 2.29 bits per heavy atom. The summed E-state index contributed by atoms with van der Waals surface area (Å²) in [5.41, 5.74) is 6.25. The predicted molar refractivity (Wildman–Crippen MR) is 51.0 cm³/mol. The Morgan fingerprint density at radius 1 is 1.64 bits per heavy atom. The Kier molecular flexibility index (Phi) is 3.03. The zero-order chi connectivity index (χ0) is 10.7. The number of rotatable bonds is 3. The van der Waals surface area contributed by atoms with Crippen LogP contribution in [0.2, 0.25) is 0 Å². The number of carboxylic acid groups (broad SMARTS) is 1. The number of carboxylic acids is 1. The third kappa shape index (κ3) is 2.43. The van der Waals surface area contributed by atoms with E-state index in [1.54, 1.807) is 19.1 Å². The van der Waals surface area contributed by atoms with Gasteiger partial charge in [-0.05, 0) is 13.0 Å². The largest absolute Gasteiger partial charge is 0.481 e. The van der Waals surface area contributed by atoms with Crippen LogP contribution in [0.25, 0.3) is 0 Å². The molecule has 1 atom stereocenters. The van der Waals surface area contributed by atoms with Gasteiger partial charge in [-0.15, -0.1) is 0 Å². The Bertz CT molecular complexity index is 397. The van der Waals surface area contributed by atoms with Gasteiger partial charge in [0.25, 0.3) is 5.56 Å². The zero-order valence-electron chi connectivity index (χ0n) is 7.78. The fraction of sp³-hybridized carbons (Fsp3) is 0.333. The minimum absolute atomic E-state index is 0.244. The van der Waals surface area contributed by atoms with Gasteiger partial charge in [-0.25, -0.2) is 0 Å². The summed E-state index contributed by atoms with van der Waals surface area (Å²) in [6, 6.07) is 2.50. The maximum atomic E-state index is 11.3. The van der Waals surface area contributed by atoms with Crippen molar-refractivity contribution in [1.82, 2.24) is 4.98 Å². The van der Waals surface area contributed by atoms with E-state index in [-0.39, 0.29) is 12.0 Å². The van der Waals surface area contributed by atoms with E-state index in [1.807, 2.05) is 0 Å². The number of pyridine rings is 1. The molecule has 1 unspecified atom stereocenters. The smallest absolute Gasteiger partial charge is 0.305 e. The van der Waals surface area contributed by atoms with E-state index < -0.39 is 12.0 Å². The van der Waals surface area contributed by atoms with Crippen molar-refractivity contribution in [2.75, 3.05) is 0 Å². The third-order valence-corrected chi connectivity index (χ3v) is 1.88. The van der Waals surface area contributed by atoms with Crippen LogP contribution in [-0.4, -0.2) is 16.1 Å². The molecule has 0 aliphatic carbocycles. The average molecular weight is 196 g/mol. The van der Waals surface area contributed by atoms with Gasteiger partial charge in [-0.3, -0.25) is 9.59 Å². The van der Waals surface area contributed by atoms with Crippen molar-refractivity contribution in [2.45, 2.75) is 19.4 Å². The number of aromatic nitrogens is 1. The van der Waals surface area contributed by atoms with Crippen LogP contribution in [0.4, 0.5) is 0 Å². The number of hydrogen-bond donors (Lipinski definition) is 3. The number of nitrogens with two attached hydrogens (primary N) is 1. The highest BCUT2D eigenvalue weighted by Gasteiger charge is 2.13. The number of hydrogen-bond acceptors (Lipinski definition) is 3. The van der Waals surface area contributed by atoms with Crippen molar-refractivity contribution in [3.63, 3.8) is 0 Å². The van der Waals surface area contributed by atoms with Crippen molar-refractivity contribution >= 4 is 5.97 Å². The molecule has 0 saturated carbocycles. The molecule has 0 amide bonds. The zero-order valence-corrected chi connectivity index (χ0v) is 7.78. The molecule has 5 heteroatoms. The van der Waals surface area contributed by atoms with Crippen LogP contribution in [-0.2, 0) is 4.79 Å². The lowest BCUT2D eigenvalue weighted by molar-refractivity contribution is -0.137. The fourth-order valence-corrected chi connectivity index (χ4v) is 1.17. The second-order valence-corrected chi connectivity index (χ2v) is 3.13. The van der Waals surface area contributed by atoms with Crippen LogP contribution < -0.4 is 11.3 Å². The van der Waals surface area contributed by atoms with E-state index >= 15 is 0 Å². The molecule has 0 bridgehead atoms. The Balaban J connectivity index is 2.96. The van der Waals surface area contributed by atoms with E-state index in [0.29, 0.717) is 5.56 Å². The Morgan fingerprint density at radius 3 is 2.79 bits per heavy atom. The van der Waals surface area contributed by atoms with Gasteiger partial charge in [0.1, 0.15) is 0 Å². The first kappa shape index (κ1) is 10.5. The number of carbonyl (C=O) groups is 1. The van der Waals surface area contributed by atoms with Gasteiger partial charge in [0.05, 0.1) is 6.42 Å². The van der Waals surface area contributed by atoms with Gasteiger partial charge in [0.2, 0.25) is 0 Å². The topological polar surface area (TPSA) is 96.2 Å². The summed E-state index contributed by atoms with van der Waals surface area (Å²) in [5.74, 6) is -1.02. The van der Waals surface area contributed by atoms with Crippen LogP contribution >= 0.6 is 0 Å². The standard InChI is InChI=1S/C9H12N2O3/c1-5-2-3-6(9(14)11-5)7(10)4-8(12)13/h2-3,7H,4,10H2,1H3,(H,11,14)(H,12,13). The van der Waals surface area contributed by atoms with Crippen molar-refractivity contribution in [2.24, 2.45) is 5.73 Å². The molecule has 0 saturated heterocycles. The van der Waals surface area contributed by atoms with Crippen LogP contribution in [0.5, 0.6) is 0 Å². The molecule has 0 radical (unpaired) electrons. The highest BCUT2D eigenvalue weighted by molar-refractivity contribution is 5.67. The van der Waals surface area contributed by atoms with Gasteiger partial charge in [-0.2, -0.15) is 0 Å². The van der Waals surface area contributed by atoms with Crippen LogP contribution in [0.3, 0.4) is 0 Å². The maximum Gasteiger partial charge on any atom is 0.305 e. The molecule has 1 heterocycles. The molecule has 1 aromatic heterocycles. The summed E-state index contributed by atoms with van der Waals surface area (Å²) >= 11 is 0. The van der Waals surface area contributed by atoms with E-state index in [0.717, 1.165) is 5.69 Å². The second kappa shape index (κ2) is 4.06. The first-order valence-corrected chi connectivity index (χ1v) is 4.18. The minimum Gasteiger partial charge on any atom is -0.481 e. The molecule has 14 heavy (non-hydrogen) atoms. The fourth-order valence-electron chi connectivity index (χ4n) is 1.17.